The molecule has 2 aliphatic carbocycles. The minimum Gasteiger partial charge on any atom is -0.392 e. The number of nitrogens with zero attached hydrogens (tertiary/aromatic N) is 1. The predicted molar refractivity (Wildman–Crippen MR) is 126 cm³/mol. The zero-order valence-electron chi connectivity index (χ0n) is 19.3. The van der Waals surface area contributed by atoms with Gasteiger partial charge in [-0.15, -0.1) is 0 Å². The molecule has 5 atom stereocenters. The normalized spacial score (nSPS) is 26.2. The van der Waals surface area contributed by atoms with Gasteiger partial charge in [-0.2, -0.15) is 0 Å². The van der Waals surface area contributed by atoms with Crippen molar-refractivity contribution in [1.82, 2.24) is 4.90 Å². The molecule has 1 aromatic rings. The van der Waals surface area contributed by atoms with Crippen molar-refractivity contribution < 1.29 is 15.0 Å². The lowest BCUT2D eigenvalue weighted by Crippen LogP contribution is -2.21. The number of amides is 1. The van der Waals surface area contributed by atoms with E-state index in [9.17, 15) is 15.0 Å². The first-order chi connectivity index (χ1) is 14.8. The number of aliphatic hydroxyl groups excluding tert-OH is 2. The molecule has 0 aliphatic heterocycles. The number of benzene rings is 1. The van der Waals surface area contributed by atoms with Crippen LogP contribution in [0.3, 0.4) is 0 Å². The molecule has 170 valence electrons. The van der Waals surface area contributed by atoms with Crippen LogP contribution >= 0.6 is 0 Å². The number of carbonyl (C=O) groups is 1. The number of carbonyl (C=O) groups excluding carboxylic acids is 1. The van der Waals surface area contributed by atoms with Gasteiger partial charge in [-0.05, 0) is 69.3 Å². The lowest BCUT2D eigenvalue weighted by atomic mass is 9.88. The van der Waals surface area contributed by atoms with Gasteiger partial charge in [-0.1, -0.05) is 53.6 Å². The van der Waals surface area contributed by atoms with Crippen LogP contribution in [0.4, 0.5) is 0 Å². The van der Waals surface area contributed by atoms with E-state index < -0.39 is 6.10 Å². The summed E-state index contributed by atoms with van der Waals surface area (Å²) in [4.78, 5) is 13.4. The Morgan fingerprint density at radius 2 is 1.94 bits per heavy atom. The van der Waals surface area contributed by atoms with E-state index in [-0.39, 0.29) is 17.9 Å². The maximum absolute atomic E-state index is 11.7. The average Bonchev–Trinajstić information content (AvgIpc) is 3.25. The second kappa shape index (κ2) is 11.1. The zero-order chi connectivity index (χ0) is 22.4. The summed E-state index contributed by atoms with van der Waals surface area (Å²) in [5.41, 5.74) is 3.98. The third-order valence-electron chi connectivity index (χ3n) is 6.99. The molecule has 0 heterocycles. The number of aryl methyl sites for hydroxylation is 2. The molecule has 0 aromatic heterocycles. The Morgan fingerprint density at radius 1 is 1.19 bits per heavy atom. The molecule has 4 nitrogen and oxygen atoms in total. The summed E-state index contributed by atoms with van der Waals surface area (Å²) >= 11 is 0. The van der Waals surface area contributed by atoms with E-state index >= 15 is 0 Å². The van der Waals surface area contributed by atoms with Crippen molar-refractivity contribution in [2.75, 3.05) is 14.1 Å². The van der Waals surface area contributed by atoms with E-state index in [4.69, 9.17) is 0 Å². The van der Waals surface area contributed by atoms with Crippen LogP contribution in [-0.4, -0.2) is 47.3 Å². The highest BCUT2D eigenvalue weighted by atomic mass is 16.3. The number of hydrogen-bond donors (Lipinski definition) is 2. The number of aliphatic hydroxyl groups is 2. The van der Waals surface area contributed by atoms with Gasteiger partial charge in [0.15, 0.2) is 0 Å². The van der Waals surface area contributed by atoms with Crippen molar-refractivity contribution >= 4 is 5.91 Å². The monoisotopic (exact) mass is 425 g/mol. The Hall–Kier alpha value is -1.91. The van der Waals surface area contributed by atoms with E-state index in [0.717, 1.165) is 38.5 Å². The fourth-order valence-corrected chi connectivity index (χ4v) is 5.06. The van der Waals surface area contributed by atoms with E-state index in [1.54, 1.807) is 19.0 Å². The first-order valence-corrected chi connectivity index (χ1v) is 11.8. The molecule has 0 spiro atoms. The summed E-state index contributed by atoms with van der Waals surface area (Å²) in [5, 5.41) is 21.0. The highest BCUT2D eigenvalue weighted by Crippen LogP contribution is 2.48. The highest BCUT2D eigenvalue weighted by molar-refractivity contribution is 5.75. The van der Waals surface area contributed by atoms with Crippen LogP contribution in [0.25, 0.3) is 0 Å². The van der Waals surface area contributed by atoms with Gasteiger partial charge >= 0.3 is 0 Å². The van der Waals surface area contributed by atoms with Gasteiger partial charge < -0.3 is 15.1 Å². The molecule has 1 amide bonds. The van der Waals surface area contributed by atoms with Crippen LogP contribution in [-0.2, 0) is 11.2 Å². The molecular formula is C27H39NO3. The Labute approximate surface area is 187 Å². The summed E-state index contributed by atoms with van der Waals surface area (Å²) in [6.07, 6.45) is 12.6. The summed E-state index contributed by atoms with van der Waals surface area (Å²) in [5.74, 6) is 1.23. The fraction of sp³-hybridized carbons (Fsp3) is 0.593. The Bertz CT molecular complexity index is 780. The van der Waals surface area contributed by atoms with E-state index in [0.29, 0.717) is 24.7 Å². The number of rotatable bonds is 10. The van der Waals surface area contributed by atoms with Crippen LogP contribution in [0.2, 0.25) is 0 Å². The molecule has 1 aromatic carbocycles. The van der Waals surface area contributed by atoms with Gasteiger partial charge in [0.2, 0.25) is 5.91 Å². The summed E-state index contributed by atoms with van der Waals surface area (Å²) in [6.45, 7) is 2.08. The minimum absolute atomic E-state index is 0.128. The lowest BCUT2D eigenvalue weighted by molar-refractivity contribution is -0.128. The van der Waals surface area contributed by atoms with Crippen molar-refractivity contribution in [1.29, 1.82) is 0 Å². The molecule has 0 bridgehead atoms. The van der Waals surface area contributed by atoms with Gasteiger partial charge in [-0.3, -0.25) is 4.79 Å². The zero-order valence-corrected chi connectivity index (χ0v) is 19.3. The fourth-order valence-electron chi connectivity index (χ4n) is 5.06. The number of hydrogen-bond acceptors (Lipinski definition) is 3. The van der Waals surface area contributed by atoms with Crippen LogP contribution in [0, 0.1) is 24.7 Å². The lowest BCUT2D eigenvalue weighted by Gasteiger charge is -2.19. The van der Waals surface area contributed by atoms with Gasteiger partial charge in [0.1, 0.15) is 0 Å². The van der Waals surface area contributed by atoms with E-state index in [2.05, 4.69) is 43.3 Å². The topological polar surface area (TPSA) is 60.8 Å². The first-order valence-electron chi connectivity index (χ1n) is 11.8. The van der Waals surface area contributed by atoms with E-state index in [1.807, 2.05) is 6.08 Å². The van der Waals surface area contributed by atoms with E-state index in [1.165, 1.54) is 16.7 Å². The van der Waals surface area contributed by atoms with Crippen molar-refractivity contribution in [2.45, 2.75) is 70.5 Å². The maximum atomic E-state index is 11.7. The third kappa shape index (κ3) is 6.78. The molecule has 0 saturated heterocycles. The second-order valence-corrected chi connectivity index (χ2v) is 9.71. The predicted octanol–water partition coefficient (Wildman–Crippen LogP) is 4.44. The Morgan fingerprint density at radius 3 is 2.65 bits per heavy atom. The molecule has 2 aliphatic rings. The Balaban J connectivity index is 1.43. The van der Waals surface area contributed by atoms with Crippen LogP contribution in [0.1, 0.15) is 56.1 Å². The second-order valence-electron chi connectivity index (χ2n) is 9.71. The van der Waals surface area contributed by atoms with Crippen molar-refractivity contribution in [3.8, 4) is 0 Å². The quantitative estimate of drug-likeness (QED) is 0.430. The van der Waals surface area contributed by atoms with Crippen molar-refractivity contribution in [2.24, 2.45) is 17.8 Å². The Kier molecular flexibility index (Phi) is 8.50. The maximum Gasteiger partial charge on any atom is 0.222 e. The number of unbranched alkanes of at least 4 members (excludes halogenated alkanes) is 1. The van der Waals surface area contributed by atoms with Crippen molar-refractivity contribution in [3.05, 3.63) is 59.2 Å². The molecule has 1 fully saturated rings. The SMILES string of the molecule is Cc1ccc(CC[C@@H](O)/C=C/[C@@H]2[C@H]3CC(CCCCC(=O)N(C)C)=C[C@H]3C[C@H]2O)cc1. The average molecular weight is 426 g/mol. The smallest absolute Gasteiger partial charge is 0.222 e. The highest BCUT2D eigenvalue weighted by Gasteiger charge is 2.43. The molecule has 31 heavy (non-hydrogen) atoms. The minimum atomic E-state index is -0.476. The first kappa shape index (κ1) is 23.7. The van der Waals surface area contributed by atoms with Gasteiger partial charge in [-0.25, -0.2) is 0 Å². The largest absolute Gasteiger partial charge is 0.392 e. The summed E-state index contributed by atoms with van der Waals surface area (Å²) in [6, 6.07) is 8.47. The van der Waals surface area contributed by atoms with Gasteiger partial charge in [0.25, 0.3) is 0 Å². The van der Waals surface area contributed by atoms with Crippen LogP contribution < -0.4 is 0 Å². The molecule has 1 saturated carbocycles. The molecule has 0 radical (unpaired) electrons. The number of fused-ring (bicyclic) bond motifs is 1. The molecule has 3 rings (SSSR count). The van der Waals surface area contributed by atoms with Gasteiger partial charge in [0.05, 0.1) is 12.2 Å². The van der Waals surface area contributed by atoms with Crippen LogP contribution in [0.15, 0.2) is 48.1 Å². The van der Waals surface area contributed by atoms with Gasteiger partial charge in [0, 0.05) is 26.4 Å². The van der Waals surface area contributed by atoms with Crippen molar-refractivity contribution in [3.63, 3.8) is 0 Å². The molecule has 4 heteroatoms. The summed E-state index contributed by atoms with van der Waals surface area (Å²) < 4.78 is 0. The summed E-state index contributed by atoms with van der Waals surface area (Å²) in [7, 11) is 3.61. The standard InChI is InChI=1S/C27H39NO3/c1-19-8-10-20(11-9-19)12-13-23(29)14-15-24-25-17-21(16-22(25)18-26(24)30)6-4-5-7-27(31)28(2)3/h8-11,14-16,22-26,29-30H,4-7,12-13,17-18H2,1-3H3/b15-14+/t22-,23+,24+,25-,26+/m0/s1. The molecule has 0 unspecified atom stereocenters. The van der Waals surface area contributed by atoms with Crippen LogP contribution in [0.5, 0.6) is 0 Å². The molecule has 2 N–H and O–H groups in total. The molecular weight excluding hydrogens is 386 g/mol. The third-order valence-corrected chi connectivity index (χ3v) is 6.99. The number of allylic oxidation sites excluding steroid dienone is 2.